The van der Waals surface area contributed by atoms with E-state index in [0.717, 1.165) is 23.2 Å². The molecule has 0 bridgehead atoms. The molecule has 0 spiro atoms. The maximum Gasteiger partial charge on any atom is 0.255 e. The fourth-order valence-electron chi connectivity index (χ4n) is 2.89. The minimum absolute atomic E-state index is 0.136. The smallest absolute Gasteiger partial charge is 0.255 e. The van der Waals surface area contributed by atoms with Crippen LogP contribution in [0.3, 0.4) is 0 Å². The lowest BCUT2D eigenvalue weighted by atomic mass is 10.1. The molecule has 2 aromatic rings. The zero-order chi connectivity index (χ0) is 17.8. The number of carbonyl (C=O) groups is 3. The predicted molar refractivity (Wildman–Crippen MR) is 95.0 cm³/mol. The zero-order valence-electron chi connectivity index (χ0n) is 14.1. The highest BCUT2D eigenvalue weighted by Gasteiger charge is 2.28. The average molecular weight is 336 g/mol. The van der Waals surface area contributed by atoms with Gasteiger partial charge in [-0.05, 0) is 35.7 Å². The van der Waals surface area contributed by atoms with E-state index in [9.17, 15) is 14.4 Å². The summed E-state index contributed by atoms with van der Waals surface area (Å²) in [5.74, 6) is -0.452. The van der Waals surface area contributed by atoms with E-state index in [1.807, 2.05) is 31.2 Å². The number of aryl methyl sites for hydroxylation is 1. The number of nitrogens with one attached hydrogen (secondary N) is 1. The predicted octanol–water partition coefficient (Wildman–Crippen LogP) is 3.15. The topological polar surface area (TPSA) is 66.5 Å². The van der Waals surface area contributed by atoms with Crippen LogP contribution in [0.15, 0.2) is 48.5 Å². The number of para-hydroxylation sites is 1. The molecule has 1 saturated heterocycles. The third-order valence-electron chi connectivity index (χ3n) is 4.36. The molecule has 3 amide bonds. The number of hydrogen-bond donors (Lipinski definition) is 1. The Bertz CT molecular complexity index is 796. The molecular weight excluding hydrogens is 316 g/mol. The summed E-state index contributed by atoms with van der Waals surface area (Å²) in [6.07, 6.45) is 1.42. The van der Waals surface area contributed by atoms with Gasteiger partial charge in [-0.3, -0.25) is 19.3 Å². The van der Waals surface area contributed by atoms with Crippen molar-refractivity contribution in [3.05, 3.63) is 65.2 Å². The Labute approximate surface area is 146 Å². The number of benzene rings is 2. The van der Waals surface area contributed by atoms with Crippen LogP contribution in [0.1, 0.15) is 41.3 Å². The van der Waals surface area contributed by atoms with Gasteiger partial charge < -0.3 is 5.32 Å². The standard InChI is InChI=1S/C20H20N2O3/c1-2-15-5-3-4-6-17(15)21-20(25)16-9-7-14(8-10-16)13-22-18(23)11-12-19(22)24/h3-10H,2,11-13H2,1H3,(H,21,25). The summed E-state index contributed by atoms with van der Waals surface area (Å²) < 4.78 is 0. The van der Waals surface area contributed by atoms with Crippen LogP contribution in [0, 0.1) is 0 Å². The van der Waals surface area contributed by atoms with Gasteiger partial charge in [0.05, 0.1) is 6.54 Å². The van der Waals surface area contributed by atoms with Crippen LogP contribution in [-0.4, -0.2) is 22.6 Å². The number of likely N-dealkylation sites (tertiary alicyclic amines) is 1. The highest BCUT2D eigenvalue weighted by molar-refractivity contribution is 6.04. The lowest BCUT2D eigenvalue weighted by Crippen LogP contribution is -2.28. The second kappa shape index (κ2) is 7.30. The summed E-state index contributed by atoms with van der Waals surface area (Å²) in [5.41, 5.74) is 3.26. The van der Waals surface area contributed by atoms with Crippen molar-refractivity contribution in [1.82, 2.24) is 4.90 Å². The van der Waals surface area contributed by atoms with Crippen molar-refractivity contribution in [3.63, 3.8) is 0 Å². The quantitative estimate of drug-likeness (QED) is 0.853. The molecule has 2 aromatic carbocycles. The van der Waals surface area contributed by atoms with E-state index in [-0.39, 0.29) is 37.1 Å². The number of carbonyl (C=O) groups excluding carboxylic acids is 3. The van der Waals surface area contributed by atoms with E-state index in [2.05, 4.69) is 5.32 Å². The van der Waals surface area contributed by atoms with Gasteiger partial charge in [-0.15, -0.1) is 0 Å². The molecule has 1 aliphatic heterocycles. The van der Waals surface area contributed by atoms with Crippen LogP contribution in [0.2, 0.25) is 0 Å². The van der Waals surface area contributed by atoms with Gasteiger partial charge in [0.15, 0.2) is 0 Å². The van der Waals surface area contributed by atoms with Crippen molar-refractivity contribution in [1.29, 1.82) is 0 Å². The second-order valence-electron chi connectivity index (χ2n) is 6.04. The maximum atomic E-state index is 12.4. The second-order valence-corrected chi connectivity index (χ2v) is 6.04. The first-order chi connectivity index (χ1) is 12.1. The number of imide groups is 1. The molecule has 3 rings (SSSR count). The largest absolute Gasteiger partial charge is 0.322 e. The molecular formula is C20H20N2O3. The van der Waals surface area contributed by atoms with Crippen molar-refractivity contribution in [3.8, 4) is 0 Å². The Balaban J connectivity index is 1.68. The monoisotopic (exact) mass is 336 g/mol. The molecule has 1 N–H and O–H groups in total. The van der Waals surface area contributed by atoms with Crippen LogP contribution < -0.4 is 5.32 Å². The Hall–Kier alpha value is -2.95. The third kappa shape index (κ3) is 3.76. The van der Waals surface area contributed by atoms with Gasteiger partial charge in [0, 0.05) is 24.1 Å². The van der Waals surface area contributed by atoms with E-state index in [0.29, 0.717) is 5.56 Å². The fraction of sp³-hybridized carbons (Fsp3) is 0.250. The van der Waals surface area contributed by atoms with E-state index < -0.39 is 0 Å². The van der Waals surface area contributed by atoms with E-state index in [4.69, 9.17) is 0 Å². The molecule has 0 saturated carbocycles. The molecule has 1 fully saturated rings. The van der Waals surface area contributed by atoms with Crippen LogP contribution >= 0.6 is 0 Å². The molecule has 1 heterocycles. The van der Waals surface area contributed by atoms with Crippen LogP contribution in [0.4, 0.5) is 5.69 Å². The minimum Gasteiger partial charge on any atom is -0.322 e. The number of rotatable bonds is 5. The minimum atomic E-state index is -0.180. The van der Waals surface area contributed by atoms with Gasteiger partial charge in [-0.25, -0.2) is 0 Å². The van der Waals surface area contributed by atoms with Gasteiger partial charge >= 0.3 is 0 Å². The summed E-state index contributed by atoms with van der Waals surface area (Å²) >= 11 is 0. The maximum absolute atomic E-state index is 12.4. The van der Waals surface area contributed by atoms with Gasteiger partial charge in [0.1, 0.15) is 0 Å². The molecule has 0 unspecified atom stereocenters. The van der Waals surface area contributed by atoms with Crippen molar-refractivity contribution in [2.24, 2.45) is 0 Å². The van der Waals surface area contributed by atoms with E-state index in [1.165, 1.54) is 4.90 Å². The summed E-state index contributed by atoms with van der Waals surface area (Å²) in [7, 11) is 0. The first-order valence-corrected chi connectivity index (χ1v) is 8.40. The number of nitrogens with zero attached hydrogens (tertiary/aromatic N) is 1. The highest BCUT2D eigenvalue weighted by Crippen LogP contribution is 2.18. The SMILES string of the molecule is CCc1ccccc1NC(=O)c1ccc(CN2C(=O)CCC2=O)cc1. The van der Waals surface area contributed by atoms with Crippen LogP contribution in [0.5, 0.6) is 0 Å². The molecule has 128 valence electrons. The van der Waals surface area contributed by atoms with Crippen molar-refractivity contribution in [2.45, 2.75) is 32.7 Å². The molecule has 5 heteroatoms. The molecule has 25 heavy (non-hydrogen) atoms. The molecule has 0 aliphatic carbocycles. The third-order valence-corrected chi connectivity index (χ3v) is 4.36. The Morgan fingerprint density at radius 3 is 2.28 bits per heavy atom. The summed E-state index contributed by atoms with van der Waals surface area (Å²) in [6, 6.07) is 14.7. The van der Waals surface area contributed by atoms with Gasteiger partial charge in [0.2, 0.25) is 11.8 Å². The zero-order valence-corrected chi connectivity index (χ0v) is 14.1. The lowest BCUT2D eigenvalue weighted by Gasteiger charge is -2.14. The summed E-state index contributed by atoms with van der Waals surface area (Å²) in [6.45, 7) is 2.30. The van der Waals surface area contributed by atoms with Gasteiger partial charge in [-0.1, -0.05) is 37.3 Å². The number of amides is 3. The Kier molecular flexibility index (Phi) is 4.93. The Morgan fingerprint density at radius 1 is 1.00 bits per heavy atom. The van der Waals surface area contributed by atoms with Crippen molar-refractivity contribution < 1.29 is 14.4 Å². The van der Waals surface area contributed by atoms with Crippen molar-refractivity contribution >= 4 is 23.4 Å². The molecule has 1 aliphatic rings. The van der Waals surface area contributed by atoms with Gasteiger partial charge in [-0.2, -0.15) is 0 Å². The van der Waals surface area contributed by atoms with E-state index in [1.54, 1.807) is 24.3 Å². The number of hydrogen-bond acceptors (Lipinski definition) is 3. The number of anilines is 1. The van der Waals surface area contributed by atoms with Crippen molar-refractivity contribution in [2.75, 3.05) is 5.32 Å². The van der Waals surface area contributed by atoms with Crippen LogP contribution in [0.25, 0.3) is 0 Å². The molecule has 0 radical (unpaired) electrons. The van der Waals surface area contributed by atoms with Gasteiger partial charge in [0.25, 0.3) is 5.91 Å². The van der Waals surface area contributed by atoms with E-state index >= 15 is 0 Å². The Morgan fingerprint density at radius 2 is 1.64 bits per heavy atom. The lowest BCUT2D eigenvalue weighted by molar-refractivity contribution is -0.139. The normalized spacial score (nSPS) is 14.0. The highest BCUT2D eigenvalue weighted by atomic mass is 16.2. The molecule has 0 aromatic heterocycles. The average Bonchev–Trinajstić information content (AvgIpc) is 2.94. The first kappa shape index (κ1) is 16.9. The fourth-order valence-corrected chi connectivity index (χ4v) is 2.89. The summed E-state index contributed by atoms with van der Waals surface area (Å²) in [4.78, 5) is 37.0. The molecule has 0 atom stereocenters. The molecule has 5 nitrogen and oxygen atoms in total. The summed E-state index contributed by atoms with van der Waals surface area (Å²) in [5, 5.41) is 2.93. The first-order valence-electron chi connectivity index (χ1n) is 8.40. The van der Waals surface area contributed by atoms with Crippen LogP contribution in [-0.2, 0) is 22.6 Å².